The van der Waals surface area contributed by atoms with Gasteiger partial charge < -0.3 is 15.4 Å². The van der Waals surface area contributed by atoms with Gasteiger partial charge in [0.2, 0.25) is 5.91 Å². The first-order valence-corrected chi connectivity index (χ1v) is 10.3. The van der Waals surface area contributed by atoms with Crippen LogP contribution in [0.25, 0.3) is 0 Å². The summed E-state index contributed by atoms with van der Waals surface area (Å²) in [6.45, 7) is 6.16. The number of piperidine rings is 1. The quantitative estimate of drug-likeness (QED) is 0.786. The Balaban J connectivity index is 1.71. The van der Waals surface area contributed by atoms with Gasteiger partial charge in [-0.25, -0.2) is 0 Å². The van der Waals surface area contributed by atoms with Crippen molar-refractivity contribution in [3.8, 4) is 0 Å². The molecule has 0 saturated carbocycles. The highest BCUT2D eigenvalue weighted by Crippen LogP contribution is 2.44. The molecule has 1 amide bonds. The van der Waals surface area contributed by atoms with E-state index in [-0.39, 0.29) is 11.3 Å². The van der Waals surface area contributed by atoms with Gasteiger partial charge in [-0.1, -0.05) is 36.2 Å². The van der Waals surface area contributed by atoms with Crippen LogP contribution < -0.4 is 10.6 Å². The van der Waals surface area contributed by atoms with Crippen LogP contribution >= 0.6 is 23.2 Å². The van der Waals surface area contributed by atoms with Crippen LogP contribution in [0, 0.1) is 17.3 Å². The maximum atomic E-state index is 13.3. The van der Waals surface area contributed by atoms with E-state index in [1.807, 2.05) is 12.1 Å². The van der Waals surface area contributed by atoms with Crippen LogP contribution in [-0.2, 0) is 16.1 Å². The predicted molar refractivity (Wildman–Crippen MR) is 106 cm³/mol. The molecule has 2 aliphatic heterocycles. The van der Waals surface area contributed by atoms with Gasteiger partial charge in [-0.2, -0.15) is 0 Å². The summed E-state index contributed by atoms with van der Waals surface area (Å²) in [7, 11) is 0. The maximum Gasteiger partial charge on any atom is 0.226 e. The molecule has 0 spiro atoms. The van der Waals surface area contributed by atoms with E-state index in [2.05, 4.69) is 17.6 Å². The second-order valence-corrected chi connectivity index (χ2v) is 8.39. The third-order valence-electron chi connectivity index (χ3n) is 6.23. The lowest BCUT2D eigenvalue weighted by Gasteiger charge is -2.45. The zero-order chi connectivity index (χ0) is 18.6. The highest BCUT2D eigenvalue weighted by molar-refractivity contribution is 6.42. The molecule has 1 aromatic carbocycles. The van der Waals surface area contributed by atoms with E-state index in [9.17, 15) is 4.79 Å². The fraction of sp³-hybridized carbons (Fsp3) is 0.650. The Labute approximate surface area is 166 Å². The minimum absolute atomic E-state index is 0.170. The molecule has 0 radical (unpaired) electrons. The van der Waals surface area contributed by atoms with Crippen molar-refractivity contribution in [2.75, 3.05) is 26.3 Å². The second kappa shape index (κ2) is 8.92. The number of ether oxygens (including phenoxy) is 1. The van der Waals surface area contributed by atoms with E-state index in [1.165, 1.54) is 0 Å². The van der Waals surface area contributed by atoms with Crippen LogP contribution in [0.2, 0.25) is 10.0 Å². The minimum atomic E-state index is -0.302. The van der Waals surface area contributed by atoms with Gasteiger partial charge in [0.15, 0.2) is 0 Å². The van der Waals surface area contributed by atoms with E-state index < -0.39 is 0 Å². The molecule has 144 valence electrons. The molecule has 2 heterocycles. The summed E-state index contributed by atoms with van der Waals surface area (Å²) >= 11 is 12.1. The van der Waals surface area contributed by atoms with Crippen LogP contribution in [0.1, 0.15) is 38.2 Å². The molecule has 1 atom stereocenters. The summed E-state index contributed by atoms with van der Waals surface area (Å²) < 4.78 is 5.52. The van der Waals surface area contributed by atoms with E-state index in [1.54, 1.807) is 6.07 Å². The molecule has 2 aliphatic rings. The summed E-state index contributed by atoms with van der Waals surface area (Å²) in [5.41, 5.74) is 0.666. The number of carbonyl (C=O) groups is 1. The third-order valence-corrected chi connectivity index (χ3v) is 6.97. The van der Waals surface area contributed by atoms with Crippen molar-refractivity contribution >= 4 is 29.1 Å². The first-order valence-electron chi connectivity index (χ1n) is 9.53. The molecule has 1 aromatic rings. The molecule has 1 unspecified atom stereocenters. The van der Waals surface area contributed by atoms with Gasteiger partial charge in [-0.3, -0.25) is 4.79 Å². The van der Waals surface area contributed by atoms with Crippen molar-refractivity contribution in [3.05, 3.63) is 33.8 Å². The molecular formula is C20H28Cl2N2O2. The fourth-order valence-corrected chi connectivity index (χ4v) is 4.76. The minimum Gasteiger partial charge on any atom is -0.381 e. The average molecular weight is 399 g/mol. The molecule has 26 heavy (non-hydrogen) atoms. The Morgan fingerprint density at radius 1 is 1.27 bits per heavy atom. The van der Waals surface area contributed by atoms with Crippen molar-refractivity contribution < 1.29 is 9.53 Å². The highest BCUT2D eigenvalue weighted by atomic mass is 35.5. The second-order valence-electron chi connectivity index (χ2n) is 7.58. The van der Waals surface area contributed by atoms with Crippen LogP contribution in [0.15, 0.2) is 18.2 Å². The maximum absolute atomic E-state index is 13.3. The number of amides is 1. The average Bonchev–Trinajstić information content (AvgIpc) is 2.69. The van der Waals surface area contributed by atoms with Gasteiger partial charge in [0.1, 0.15) is 0 Å². The number of carbonyl (C=O) groups excluding carboxylic acids is 1. The molecule has 2 N–H and O–H groups in total. The standard InChI is InChI=1S/C20H28Cl2N2O2/c1-14(16-4-10-26-11-5-16)20(6-8-23-9-7-20)19(25)24-13-15-2-3-17(21)18(22)12-15/h2-3,12,14,16,23H,4-11,13H2,1H3,(H,24,25). The molecule has 0 aromatic heterocycles. The number of rotatable bonds is 5. The fourth-order valence-electron chi connectivity index (χ4n) is 4.44. The molecule has 3 rings (SSSR count). The smallest absolute Gasteiger partial charge is 0.226 e. The summed E-state index contributed by atoms with van der Waals surface area (Å²) in [6, 6.07) is 5.50. The van der Waals surface area contributed by atoms with Crippen LogP contribution in [-0.4, -0.2) is 32.2 Å². The summed E-state index contributed by atoms with van der Waals surface area (Å²) in [6.07, 6.45) is 3.88. The number of nitrogens with one attached hydrogen (secondary N) is 2. The predicted octanol–water partition coefficient (Wildman–Crippen LogP) is 4.04. The van der Waals surface area contributed by atoms with Gasteiger partial charge in [-0.15, -0.1) is 0 Å². The van der Waals surface area contributed by atoms with Gasteiger partial charge in [0.25, 0.3) is 0 Å². The Hall–Kier alpha value is -0.810. The first-order chi connectivity index (χ1) is 12.5. The Morgan fingerprint density at radius 2 is 1.96 bits per heavy atom. The Kier molecular flexibility index (Phi) is 6.84. The Bertz CT molecular complexity index is 626. The monoisotopic (exact) mass is 398 g/mol. The van der Waals surface area contributed by atoms with Crippen molar-refractivity contribution in [1.82, 2.24) is 10.6 Å². The van der Waals surface area contributed by atoms with E-state index in [0.717, 1.165) is 57.6 Å². The van der Waals surface area contributed by atoms with E-state index >= 15 is 0 Å². The Morgan fingerprint density at radius 3 is 2.62 bits per heavy atom. The summed E-state index contributed by atoms with van der Waals surface area (Å²) in [5.74, 6) is 1.07. The van der Waals surface area contributed by atoms with Crippen LogP contribution in [0.4, 0.5) is 0 Å². The van der Waals surface area contributed by atoms with E-state index in [4.69, 9.17) is 27.9 Å². The molecule has 2 saturated heterocycles. The largest absolute Gasteiger partial charge is 0.381 e. The highest BCUT2D eigenvalue weighted by Gasteiger charge is 2.46. The lowest BCUT2D eigenvalue weighted by Crippen LogP contribution is -2.53. The summed E-state index contributed by atoms with van der Waals surface area (Å²) in [5, 5.41) is 7.63. The molecular weight excluding hydrogens is 371 g/mol. The van der Waals surface area contributed by atoms with Crippen molar-refractivity contribution in [2.45, 2.75) is 39.2 Å². The topological polar surface area (TPSA) is 50.4 Å². The normalized spacial score (nSPS) is 22.0. The number of benzene rings is 1. The van der Waals surface area contributed by atoms with Gasteiger partial charge in [0.05, 0.1) is 15.5 Å². The summed E-state index contributed by atoms with van der Waals surface area (Å²) in [4.78, 5) is 13.3. The number of halogens is 2. The van der Waals surface area contributed by atoms with Crippen LogP contribution in [0.5, 0.6) is 0 Å². The van der Waals surface area contributed by atoms with Crippen molar-refractivity contribution in [3.63, 3.8) is 0 Å². The molecule has 0 aliphatic carbocycles. The van der Waals surface area contributed by atoms with Crippen molar-refractivity contribution in [2.24, 2.45) is 17.3 Å². The lowest BCUT2D eigenvalue weighted by atomic mass is 9.63. The van der Waals surface area contributed by atoms with Gasteiger partial charge in [0, 0.05) is 19.8 Å². The molecule has 2 fully saturated rings. The zero-order valence-electron chi connectivity index (χ0n) is 15.3. The van der Waals surface area contributed by atoms with E-state index in [0.29, 0.717) is 28.4 Å². The molecule has 0 bridgehead atoms. The number of hydrogen-bond acceptors (Lipinski definition) is 3. The zero-order valence-corrected chi connectivity index (χ0v) is 16.8. The van der Waals surface area contributed by atoms with Gasteiger partial charge in [-0.05, 0) is 68.3 Å². The lowest BCUT2D eigenvalue weighted by molar-refractivity contribution is -0.139. The SMILES string of the molecule is CC(C1CCOCC1)C1(C(=O)NCc2ccc(Cl)c(Cl)c2)CCNCC1. The first kappa shape index (κ1) is 19.9. The van der Waals surface area contributed by atoms with Gasteiger partial charge >= 0.3 is 0 Å². The molecule has 4 nitrogen and oxygen atoms in total. The van der Waals surface area contributed by atoms with Crippen LogP contribution in [0.3, 0.4) is 0 Å². The number of hydrogen-bond donors (Lipinski definition) is 2. The molecule has 6 heteroatoms. The third kappa shape index (κ3) is 4.36. The van der Waals surface area contributed by atoms with Crippen molar-refractivity contribution in [1.29, 1.82) is 0 Å².